The van der Waals surface area contributed by atoms with Gasteiger partial charge in [0.15, 0.2) is 0 Å². The maximum Gasteiger partial charge on any atom is 0.147 e. The molecule has 1 heterocycles. The van der Waals surface area contributed by atoms with E-state index < -0.39 is 9.84 Å². The van der Waals surface area contributed by atoms with Crippen LogP contribution in [0, 0.1) is 11.8 Å². The lowest BCUT2D eigenvalue weighted by molar-refractivity contribution is 0.0472. The maximum absolute atomic E-state index is 11.2. The van der Waals surface area contributed by atoms with Crippen molar-refractivity contribution in [1.82, 2.24) is 5.32 Å². The molecule has 114 valence electrons. The Morgan fingerprint density at radius 3 is 2.26 bits per heavy atom. The molecule has 0 spiro atoms. The second kappa shape index (κ2) is 7.04. The minimum Gasteiger partial charge on any atom is -0.375 e. The lowest BCUT2D eigenvalue weighted by Gasteiger charge is -2.29. The summed E-state index contributed by atoms with van der Waals surface area (Å²) in [5.74, 6) is 1.26. The van der Waals surface area contributed by atoms with Gasteiger partial charge < -0.3 is 10.1 Å². The fourth-order valence-corrected chi connectivity index (χ4v) is 3.94. The molecular formula is C14H29NO3S. The van der Waals surface area contributed by atoms with Gasteiger partial charge in [-0.2, -0.15) is 0 Å². The monoisotopic (exact) mass is 291 g/mol. The number of nitrogens with one attached hydrogen (secondary N) is 1. The van der Waals surface area contributed by atoms with Crippen LogP contribution in [-0.4, -0.2) is 45.2 Å². The Morgan fingerprint density at radius 1 is 1.21 bits per heavy atom. The number of sulfone groups is 1. The van der Waals surface area contributed by atoms with Crippen molar-refractivity contribution >= 4 is 9.84 Å². The van der Waals surface area contributed by atoms with E-state index in [1.807, 2.05) is 0 Å². The molecule has 4 nitrogen and oxygen atoms in total. The minimum atomic E-state index is -2.86. The Hall–Kier alpha value is -0.130. The molecule has 0 radical (unpaired) electrons. The van der Waals surface area contributed by atoms with E-state index in [9.17, 15) is 8.42 Å². The molecule has 0 aromatic heterocycles. The summed E-state index contributed by atoms with van der Waals surface area (Å²) in [7, 11) is -2.86. The first-order valence-electron chi connectivity index (χ1n) is 7.32. The number of rotatable bonds is 7. The molecule has 19 heavy (non-hydrogen) atoms. The summed E-state index contributed by atoms with van der Waals surface area (Å²) < 4.78 is 28.4. The highest BCUT2D eigenvalue weighted by atomic mass is 32.2. The topological polar surface area (TPSA) is 55.4 Å². The molecule has 0 aliphatic carbocycles. The fourth-order valence-electron chi connectivity index (χ4n) is 3.25. The molecule has 5 atom stereocenters. The van der Waals surface area contributed by atoms with Crippen LogP contribution in [0.1, 0.15) is 40.5 Å². The van der Waals surface area contributed by atoms with Crippen LogP contribution in [0.2, 0.25) is 0 Å². The lowest BCUT2D eigenvalue weighted by atomic mass is 9.81. The zero-order valence-corrected chi connectivity index (χ0v) is 13.7. The number of hydrogen-bond acceptors (Lipinski definition) is 4. The van der Waals surface area contributed by atoms with Crippen LogP contribution in [0.25, 0.3) is 0 Å². The first-order chi connectivity index (χ1) is 8.76. The van der Waals surface area contributed by atoms with Gasteiger partial charge in [-0.1, -0.05) is 13.8 Å². The Kier molecular flexibility index (Phi) is 6.27. The van der Waals surface area contributed by atoms with E-state index in [0.717, 1.165) is 19.4 Å². The highest BCUT2D eigenvalue weighted by Crippen LogP contribution is 2.35. The highest BCUT2D eigenvalue weighted by molar-refractivity contribution is 7.90. The van der Waals surface area contributed by atoms with E-state index >= 15 is 0 Å². The summed E-state index contributed by atoms with van der Waals surface area (Å²) in [4.78, 5) is 0. The Morgan fingerprint density at radius 2 is 1.84 bits per heavy atom. The van der Waals surface area contributed by atoms with Crippen molar-refractivity contribution < 1.29 is 13.2 Å². The Labute approximate surface area is 118 Å². The second-order valence-corrected chi connectivity index (χ2v) is 8.18. The van der Waals surface area contributed by atoms with Crippen molar-refractivity contribution in [1.29, 1.82) is 0 Å². The Balaban J connectivity index is 2.61. The van der Waals surface area contributed by atoms with Crippen molar-refractivity contribution in [2.24, 2.45) is 11.8 Å². The van der Waals surface area contributed by atoms with Gasteiger partial charge in [-0.15, -0.1) is 0 Å². The second-order valence-electron chi connectivity index (χ2n) is 5.92. The molecule has 5 unspecified atom stereocenters. The van der Waals surface area contributed by atoms with Crippen LogP contribution in [0.4, 0.5) is 0 Å². The zero-order chi connectivity index (χ0) is 14.6. The maximum atomic E-state index is 11.2. The summed E-state index contributed by atoms with van der Waals surface area (Å²) in [5.41, 5.74) is 0. The summed E-state index contributed by atoms with van der Waals surface area (Å²) in [6.45, 7) is 9.50. The average Bonchev–Trinajstić information content (AvgIpc) is 2.50. The molecular weight excluding hydrogens is 262 g/mol. The summed E-state index contributed by atoms with van der Waals surface area (Å²) >= 11 is 0. The summed E-state index contributed by atoms with van der Waals surface area (Å²) in [6.07, 6.45) is 3.46. The van der Waals surface area contributed by atoms with E-state index in [4.69, 9.17) is 4.74 Å². The van der Waals surface area contributed by atoms with Gasteiger partial charge in [-0.3, -0.25) is 0 Å². The minimum absolute atomic E-state index is 0.243. The molecule has 0 aromatic carbocycles. The standard InChI is InChI=1S/C14H29NO3S/c1-6-15-13(8-7-9-19(5,16)17)14-10(2)11(3)18-12(14)4/h10-15H,6-9H2,1-5H3. The third-order valence-electron chi connectivity index (χ3n) is 4.28. The molecule has 0 amide bonds. The van der Waals surface area contributed by atoms with Crippen LogP contribution < -0.4 is 5.32 Å². The van der Waals surface area contributed by atoms with Gasteiger partial charge in [0, 0.05) is 24.0 Å². The van der Waals surface area contributed by atoms with Gasteiger partial charge in [0.2, 0.25) is 0 Å². The SMILES string of the molecule is CCNC(CCCS(C)(=O)=O)C1C(C)OC(C)C1C. The van der Waals surface area contributed by atoms with Crippen molar-refractivity contribution in [3.8, 4) is 0 Å². The van der Waals surface area contributed by atoms with Crippen LogP contribution in [0.15, 0.2) is 0 Å². The summed E-state index contributed by atoms with van der Waals surface area (Å²) in [6, 6.07) is 0.349. The van der Waals surface area contributed by atoms with E-state index in [-0.39, 0.29) is 18.0 Å². The fraction of sp³-hybridized carbons (Fsp3) is 1.00. The quantitative estimate of drug-likeness (QED) is 0.778. The molecule has 1 aliphatic rings. The average molecular weight is 291 g/mol. The van der Waals surface area contributed by atoms with E-state index in [1.54, 1.807) is 0 Å². The van der Waals surface area contributed by atoms with E-state index in [0.29, 0.717) is 17.9 Å². The largest absolute Gasteiger partial charge is 0.375 e. The van der Waals surface area contributed by atoms with Gasteiger partial charge in [-0.05, 0) is 39.2 Å². The number of ether oxygens (including phenoxy) is 1. The molecule has 1 N–H and O–H groups in total. The van der Waals surface area contributed by atoms with Gasteiger partial charge in [0.1, 0.15) is 9.84 Å². The van der Waals surface area contributed by atoms with Crippen molar-refractivity contribution in [3.63, 3.8) is 0 Å². The molecule has 0 saturated carbocycles. The molecule has 0 aromatic rings. The van der Waals surface area contributed by atoms with Crippen LogP contribution >= 0.6 is 0 Å². The van der Waals surface area contributed by atoms with Gasteiger partial charge in [0.05, 0.1) is 12.2 Å². The Bertz CT molecular complexity index is 369. The van der Waals surface area contributed by atoms with Crippen LogP contribution in [0.5, 0.6) is 0 Å². The third-order valence-corrected chi connectivity index (χ3v) is 5.31. The highest BCUT2D eigenvalue weighted by Gasteiger charge is 2.41. The van der Waals surface area contributed by atoms with Crippen LogP contribution in [0.3, 0.4) is 0 Å². The lowest BCUT2D eigenvalue weighted by Crippen LogP contribution is -2.42. The van der Waals surface area contributed by atoms with Gasteiger partial charge in [0.25, 0.3) is 0 Å². The van der Waals surface area contributed by atoms with E-state index in [1.165, 1.54) is 6.26 Å². The first-order valence-corrected chi connectivity index (χ1v) is 9.39. The van der Waals surface area contributed by atoms with Gasteiger partial charge >= 0.3 is 0 Å². The predicted molar refractivity (Wildman–Crippen MR) is 79.1 cm³/mol. The molecule has 1 fully saturated rings. The van der Waals surface area contributed by atoms with Crippen molar-refractivity contribution in [3.05, 3.63) is 0 Å². The van der Waals surface area contributed by atoms with Crippen LogP contribution in [-0.2, 0) is 14.6 Å². The normalized spacial score (nSPS) is 33.5. The molecule has 0 bridgehead atoms. The molecule has 1 rings (SSSR count). The first kappa shape index (κ1) is 16.9. The molecule has 1 saturated heterocycles. The van der Waals surface area contributed by atoms with Crippen molar-refractivity contribution in [2.45, 2.75) is 58.8 Å². The van der Waals surface area contributed by atoms with Gasteiger partial charge in [-0.25, -0.2) is 8.42 Å². The zero-order valence-electron chi connectivity index (χ0n) is 12.8. The summed E-state index contributed by atoms with van der Waals surface area (Å²) in [5, 5.41) is 3.52. The third kappa shape index (κ3) is 5.04. The smallest absolute Gasteiger partial charge is 0.147 e. The molecule has 5 heteroatoms. The van der Waals surface area contributed by atoms with E-state index in [2.05, 4.69) is 33.0 Å². The molecule has 1 aliphatic heterocycles. The van der Waals surface area contributed by atoms with Crippen molar-refractivity contribution in [2.75, 3.05) is 18.6 Å². The number of hydrogen-bond donors (Lipinski definition) is 1. The predicted octanol–water partition coefficient (Wildman–Crippen LogP) is 1.85.